The van der Waals surface area contributed by atoms with Crippen molar-refractivity contribution in [3.8, 4) is 11.5 Å². The van der Waals surface area contributed by atoms with Crippen LogP contribution in [0.5, 0.6) is 11.5 Å². The molecule has 0 atom stereocenters. The van der Waals surface area contributed by atoms with E-state index in [9.17, 15) is 5.11 Å². The van der Waals surface area contributed by atoms with Gasteiger partial charge < -0.3 is 25.4 Å². The van der Waals surface area contributed by atoms with Crippen molar-refractivity contribution in [1.82, 2.24) is 20.5 Å². The molecule has 2 aliphatic heterocycles. The summed E-state index contributed by atoms with van der Waals surface area (Å²) < 4.78 is 5.47. The van der Waals surface area contributed by atoms with Crippen LogP contribution in [0.1, 0.15) is 24.0 Å². The molecule has 2 aromatic rings. The molecule has 7 heteroatoms. The Balaban J connectivity index is 1.34. The van der Waals surface area contributed by atoms with Gasteiger partial charge in [0.1, 0.15) is 5.82 Å². The first-order chi connectivity index (χ1) is 15.2. The molecule has 2 fully saturated rings. The third-order valence-electron chi connectivity index (χ3n) is 6.39. The highest BCUT2D eigenvalue weighted by Gasteiger charge is 2.20. The van der Waals surface area contributed by atoms with Gasteiger partial charge in [0.2, 0.25) is 0 Å². The smallest absolute Gasteiger partial charge is 0.162 e. The van der Waals surface area contributed by atoms with Crippen LogP contribution < -0.4 is 20.3 Å². The number of phenolic OH excluding ortho intramolecular Hbond substituents is 1. The molecule has 1 aromatic heterocycles. The number of aromatic nitrogens is 1. The van der Waals surface area contributed by atoms with E-state index in [2.05, 4.69) is 37.6 Å². The molecular weight excluding hydrogens is 390 g/mol. The highest BCUT2D eigenvalue weighted by Crippen LogP contribution is 2.32. The number of ether oxygens (including phenoxy) is 1. The lowest BCUT2D eigenvalue weighted by molar-refractivity contribution is 0.245. The van der Waals surface area contributed by atoms with E-state index in [4.69, 9.17) is 4.74 Å². The van der Waals surface area contributed by atoms with Gasteiger partial charge in [-0.1, -0.05) is 6.07 Å². The van der Waals surface area contributed by atoms with Crippen molar-refractivity contribution >= 4 is 5.82 Å². The van der Waals surface area contributed by atoms with E-state index in [0.29, 0.717) is 5.75 Å². The van der Waals surface area contributed by atoms with Crippen molar-refractivity contribution in [2.24, 2.45) is 5.92 Å². The Morgan fingerprint density at radius 1 is 1.16 bits per heavy atom. The number of piperazine rings is 1. The maximum atomic E-state index is 10.7. The standard InChI is InChI=1S/C24H35N5O2/c1-31-22-15-20(17-26-16-19-5-8-25-9-6-19)14-21(24(22)30)18-28-10-12-29(13-11-28)23-4-2-3-7-27-23/h2-4,7,14-15,19,25-26,30H,5-6,8-13,16-18H2,1H3. The Bertz CT molecular complexity index is 818. The van der Waals surface area contributed by atoms with Crippen LogP contribution in [0.2, 0.25) is 0 Å². The highest BCUT2D eigenvalue weighted by atomic mass is 16.5. The van der Waals surface area contributed by atoms with E-state index in [1.165, 1.54) is 12.8 Å². The number of benzene rings is 1. The van der Waals surface area contributed by atoms with Gasteiger partial charge in [-0.25, -0.2) is 4.98 Å². The number of rotatable bonds is 8. The van der Waals surface area contributed by atoms with Crippen LogP contribution in [0, 0.1) is 5.92 Å². The Morgan fingerprint density at radius 3 is 2.68 bits per heavy atom. The molecule has 0 spiro atoms. The van der Waals surface area contributed by atoms with Crippen molar-refractivity contribution in [2.75, 3.05) is 57.8 Å². The van der Waals surface area contributed by atoms with Crippen LogP contribution >= 0.6 is 0 Å². The van der Waals surface area contributed by atoms with E-state index < -0.39 is 0 Å². The number of aromatic hydroxyl groups is 1. The zero-order valence-electron chi connectivity index (χ0n) is 18.5. The molecule has 2 saturated heterocycles. The van der Waals surface area contributed by atoms with E-state index in [0.717, 1.165) is 81.8 Å². The van der Waals surface area contributed by atoms with Gasteiger partial charge in [0.25, 0.3) is 0 Å². The fourth-order valence-corrected chi connectivity index (χ4v) is 4.53. The molecule has 0 unspecified atom stereocenters. The summed E-state index contributed by atoms with van der Waals surface area (Å²) in [5.74, 6) is 2.60. The molecule has 3 N–H and O–H groups in total. The molecular formula is C24H35N5O2. The number of hydrogen-bond acceptors (Lipinski definition) is 7. The van der Waals surface area contributed by atoms with Crippen LogP contribution in [-0.2, 0) is 13.1 Å². The molecule has 2 aliphatic rings. The van der Waals surface area contributed by atoms with Gasteiger partial charge in [0.15, 0.2) is 11.5 Å². The fourth-order valence-electron chi connectivity index (χ4n) is 4.53. The van der Waals surface area contributed by atoms with Crippen molar-refractivity contribution < 1.29 is 9.84 Å². The number of nitrogens with one attached hydrogen (secondary N) is 2. The van der Waals surface area contributed by atoms with Gasteiger partial charge >= 0.3 is 0 Å². The minimum atomic E-state index is 0.261. The van der Waals surface area contributed by atoms with Crippen molar-refractivity contribution in [2.45, 2.75) is 25.9 Å². The summed E-state index contributed by atoms with van der Waals surface area (Å²) in [7, 11) is 1.62. The number of anilines is 1. The van der Waals surface area contributed by atoms with Gasteiger partial charge in [-0.05, 0) is 68.2 Å². The predicted molar refractivity (Wildman–Crippen MR) is 124 cm³/mol. The lowest BCUT2D eigenvalue weighted by Gasteiger charge is -2.35. The van der Waals surface area contributed by atoms with Crippen molar-refractivity contribution in [3.63, 3.8) is 0 Å². The summed E-state index contributed by atoms with van der Waals surface area (Å²) in [6.45, 7) is 8.55. The fraction of sp³-hybridized carbons (Fsp3) is 0.542. The zero-order chi connectivity index (χ0) is 21.5. The predicted octanol–water partition coefficient (Wildman–Crippen LogP) is 2.21. The maximum Gasteiger partial charge on any atom is 0.162 e. The molecule has 3 heterocycles. The largest absolute Gasteiger partial charge is 0.504 e. The highest BCUT2D eigenvalue weighted by molar-refractivity contribution is 5.48. The number of nitrogens with zero attached hydrogens (tertiary/aromatic N) is 3. The van der Waals surface area contributed by atoms with E-state index >= 15 is 0 Å². The summed E-state index contributed by atoms with van der Waals surface area (Å²) in [4.78, 5) is 9.17. The second kappa shape index (κ2) is 10.8. The van der Waals surface area contributed by atoms with Gasteiger partial charge in [0, 0.05) is 51.0 Å². The maximum absolute atomic E-state index is 10.7. The average molecular weight is 426 g/mol. The minimum absolute atomic E-state index is 0.261. The normalized spacial score (nSPS) is 18.3. The number of methoxy groups -OCH3 is 1. The molecule has 0 radical (unpaired) electrons. The summed E-state index contributed by atoms with van der Waals surface area (Å²) in [6.07, 6.45) is 4.32. The third kappa shape index (κ3) is 5.87. The van der Waals surface area contributed by atoms with Crippen LogP contribution in [-0.4, -0.2) is 67.9 Å². The van der Waals surface area contributed by atoms with Crippen LogP contribution in [0.4, 0.5) is 5.82 Å². The molecule has 0 bridgehead atoms. The van der Waals surface area contributed by atoms with E-state index in [-0.39, 0.29) is 5.75 Å². The quantitative estimate of drug-likeness (QED) is 0.599. The summed E-state index contributed by atoms with van der Waals surface area (Å²) >= 11 is 0. The number of phenols is 1. The van der Waals surface area contributed by atoms with Crippen LogP contribution in [0.25, 0.3) is 0 Å². The number of piperidine rings is 1. The first-order valence-corrected chi connectivity index (χ1v) is 11.4. The Labute approximate surface area is 185 Å². The Hall–Kier alpha value is -2.35. The van der Waals surface area contributed by atoms with Gasteiger partial charge in [-0.3, -0.25) is 4.90 Å². The monoisotopic (exact) mass is 425 g/mol. The molecule has 0 aliphatic carbocycles. The second-order valence-electron chi connectivity index (χ2n) is 8.58. The van der Waals surface area contributed by atoms with Gasteiger partial charge in [-0.2, -0.15) is 0 Å². The summed E-state index contributed by atoms with van der Waals surface area (Å²) in [6, 6.07) is 10.1. The molecule has 4 rings (SSSR count). The van der Waals surface area contributed by atoms with Gasteiger partial charge in [0.05, 0.1) is 7.11 Å². The number of pyridine rings is 1. The van der Waals surface area contributed by atoms with Gasteiger partial charge in [-0.15, -0.1) is 0 Å². The molecule has 168 valence electrons. The molecule has 31 heavy (non-hydrogen) atoms. The minimum Gasteiger partial charge on any atom is -0.504 e. The van der Waals surface area contributed by atoms with E-state index in [1.54, 1.807) is 7.11 Å². The SMILES string of the molecule is COc1cc(CNCC2CCNCC2)cc(CN2CCN(c3ccccn3)CC2)c1O. The number of hydrogen-bond donors (Lipinski definition) is 3. The molecule has 1 aromatic carbocycles. The summed E-state index contributed by atoms with van der Waals surface area (Å²) in [5.41, 5.74) is 2.09. The average Bonchev–Trinajstić information content (AvgIpc) is 2.82. The Morgan fingerprint density at radius 2 is 1.97 bits per heavy atom. The topological polar surface area (TPSA) is 72.9 Å². The zero-order valence-corrected chi connectivity index (χ0v) is 18.5. The molecule has 7 nitrogen and oxygen atoms in total. The van der Waals surface area contributed by atoms with Crippen LogP contribution in [0.3, 0.4) is 0 Å². The second-order valence-corrected chi connectivity index (χ2v) is 8.58. The molecule has 0 amide bonds. The first-order valence-electron chi connectivity index (χ1n) is 11.4. The van der Waals surface area contributed by atoms with Crippen molar-refractivity contribution in [3.05, 3.63) is 47.7 Å². The molecule has 0 saturated carbocycles. The van der Waals surface area contributed by atoms with Crippen LogP contribution in [0.15, 0.2) is 36.5 Å². The Kier molecular flexibility index (Phi) is 7.61. The van der Waals surface area contributed by atoms with E-state index in [1.807, 2.05) is 24.4 Å². The van der Waals surface area contributed by atoms with Crippen molar-refractivity contribution in [1.29, 1.82) is 0 Å². The lowest BCUT2D eigenvalue weighted by Crippen LogP contribution is -2.46. The lowest BCUT2D eigenvalue weighted by atomic mass is 9.98. The third-order valence-corrected chi connectivity index (χ3v) is 6.39. The summed E-state index contributed by atoms with van der Waals surface area (Å²) in [5, 5.41) is 17.7. The first kappa shape index (κ1) is 21.9.